The van der Waals surface area contributed by atoms with Crippen molar-refractivity contribution in [2.24, 2.45) is 0 Å². The van der Waals surface area contributed by atoms with Gasteiger partial charge in [-0.05, 0) is 37.4 Å². The van der Waals surface area contributed by atoms with E-state index in [9.17, 15) is 4.79 Å². The molecule has 2 rings (SSSR count). The van der Waals surface area contributed by atoms with Gasteiger partial charge in [0.2, 0.25) is 0 Å². The number of carbonyl (C=O) groups is 1. The van der Waals surface area contributed by atoms with Crippen LogP contribution in [0.2, 0.25) is 0 Å². The van der Waals surface area contributed by atoms with Crippen LogP contribution in [0.4, 0.5) is 0 Å². The van der Waals surface area contributed by atoms with Gasteiger partial charge in [-0.2, -0.15) is 0 Å². The van der Waals surface area contributed by atoms with E-state index in [1.54, 1.807) is 0 Å². The van der Waals surface area contributed by atoms with Crippen LogP contribution in [-0.2, 0) is 11.2 Å². The number of likely N-dealkylation sites (N-methyl/N-ethyl adjacent to an activating group) is 1. The molecule has 1 aromatic rings. The Morgan fingerprint density at radius 3 is 3.00 bits per heavy atom. The Labute approximate surface area is 95.7 Å². The van der Waals surface area contributed by atoms with Gasteiger partial charge in [0.15, 0.2) is 0 Å². The molecule has 1 N–H and O–H groups in total. The Balaban J connectivity index is 2.21. The zero-order chi connectivity index (χ0) is 11.5. The van der Waals surface area contributed by atoms with Gasteiger partial charge in [0.25, 0.3) is 0 Å². The van der Waals surface area contributed by atoms with E-state index in [1.807, 2.05) is 18.0 Å². The van der Waals surface area contributed by atoms with Gasteiger partial charge in [-0.15, -0.1) is 0 Å². The SMILES string of the molecule is CN(CC(=O)O)C1CCCc2ccccc21. The lowest BCUT2D eigenvalue weighted by molar-refractivity contribution is -0.138. The van der Waals surface area contributed by atoms with Crippen molar-refractivity contribution >= 4 is 5.97 Å². The second kappa shape index (κ2) is 4.66. The first kappa shape index (κ1) is 11.1. The average molecular weight is 219 g/mol. The number of fused-ring (bicyclic) bond motifs is 1. The van der Waals surface area contributed by atoms with Crippen molar-refractivity contribution in [3.05, 3.63) is 35.4 Å². The van der Waals surface area contributed by atoms with Crippen LogP contribution in [0.25, 0.3) is 0 Å². The van der Waals surface area contributed by atoms with E-state index >= 15 is 0 Å². The number of benzene rings is 1. The molecule has 0 saturated carbocycles. The van der Waals surface area contributed by atoms with Crippen LogP contribution in [0, 0.1) is 0 Å². The fourth-order valence-electron chi connectivity index (χ4n) is 2.51. The summed E-state index contributed by atoms with van der Waals surface area (Å²) < 4.78 is 0. The summed E-state index contributed by atoms with van der Waals surface area (Å²) in [5.41, 5.74) is 2.67. The van der Waals surface area contributed by atoms with E-state index in [0.717, 1.165) is 19.3 Å². The first-order chi connectivity index (χ1) is 7.68. The Morgan fingerprint density at radius 2 is 2.25 bits per heavy atom. The van der Waals surface area contributed by atoms with Crippen molar-refractivity contribution in [1.82, 2.24) is 4.90 Å². The summed E-state index contributed by atoms with van der Waals surface area (Å²) in [7, 11) is 1.89. The van der Waals surface area contributed by atoms with Gasteiger partial charge in [0, 0.05) is 6.04 Å². The van der Waals surface area contributed by atoms with E-state index in [1.165, 1.54) is 11.1 Å². The number of aliphatic carboxylic acids is 1. The molecule has 1 unspecified atom stereocenters. The molecule has 0 spiro atoms. The highest BCUT2D eigenvalue weighted by Gasteiger charge is 2.24. The summed E-state index contributed by atoms with van der Waals surface area (Å²) >= 11 is 0. The van der Waals surface area contributed by atoms with Crippen LogP contribution in [0.3, 0.4) is 0 Å². The Bertz CT molecular complexity index is 389. The minimum absolute atomic E-state index is 0.110. The normalized spacial score (nSPS) is 19.5. The van der Waals surface area contributed by atoms with Gasteiger partial charge < -0.3 is 5.11 Å². The second-order valence-electron chi connectivity index (χ2n) is 4.42. The molecule has 0 aromatic heterocycles. The van der Waals surface area contributed by atoms with Crippen molar-refractivity contribution in [3.8, 4) is 0 Å². The highest BCUT2D eigenvalue weighted by atomic mass is 16.4. The van der Waals surface area contributed by atoms with Gasteiger partial charge in [-0.25, -0.2) is 0 Å². The minimum atomic E-state index is -0.759. The lowest BCUT2D eigenvalue weighted by Gasteiger charge is -2.32. The molecule has 0 saturated heterocycles. The summed E-state index contributed by atoms with van der Waals surface area (Å²) in [4.78, 5) is 12.7. The van der Waals surface area contributed by atoms with Crippen LogP contribution in [0.1, 0.15) is 30.0 Å². The topological polar surface area (TPSA) is 40.5 Å². The van der Waals surface area contributed by atoms with E-state index in [-0.39, 0.29) is 12.6 Å². The first-order valence-corrected chi connectivity index (χ1v) is 5.68. The smallest absolute Gasteiger partial charge is 0.317 e. The molecule has 0 amide bonds. The number of nitrogens with zero attached hydrogens (tertiary/aromatic N) is 1. The van der Waals surface area contributed by atoms with Crippen LogP contribution in [-0.4, -0.2) is 29.6 Å². The maximum absolute atomic E-state index is 10.7. The Morgan fingerprint density at radius 1 is 1.50 bits per heavy atom. The van der Waals surface area contributed by atoms with Crippen LogP contribution < -0.4 is 0 Å². The summed E-state index contributed by atoms with van der Waals surface area (Å²) in [5, 5.41) is 8.82. The van der Waals surface area contributed by atoms with Gasteiger partial charge >= 0.3 is 5.97 Å². The highest BCUT2D eigenvalue weighted by Crippen LogP contribution is 2.33. The zero-order valence-corrected chi connectivity index (χ0v) is 9.52. The zero-order valence-electron chi connectivity index (χ0n) is 9.52. The molecule has 1 aliphatic carbocycles. The number of hydrogen-bond donors (Lipinski definition) is 1. The lowest BCUT2D eigenvalue weighted by atomic mass is 9.87. The number of aryl methyl sites for hydroxylation is 1. The van der Waals surface area contributed by atoms with Gasteiger partial charge in [-0.3, -0.25) is 9.69 Å². The summed E-state index contributed by atoms with van der Waals surface area (Å²) in [6.07, 6.45) is 3.32. The van der Waals surface area contributed by atoms with Crippen LogP contribution in [0.15, 0.2) is 24.3 Å². The van der Waals surface area contributed by atoms with Crippen molar-refractivity contribution in [2.75, 3.05) is 13.6 Å². The average Bonchev–Trinajstić information content (AvgIpc) is 2.27. The van der Waals surface area contributed by atoms with Crippen molar-refractivity contribution < 1.29 is 9.90 Å². The molecule has 0 fully saturated rings. The molecular formula is C13H17NO2. The third kappa shape index (κ3) is 2.25. The predicted octanol–water partition coefficient (Wildman–Crippen LogP) is 2.08. The van der Waals surface area contributed by atoms with Crippen LogP contribution >= 0.6 is 0 Å². The molecule has 16 heavy (non-hydrogen) atoms. The number of carboxylic acid groups (broad SMARTS) is 1. The second-order valence-corrected chi connectivity index (χ2v) is 4.42. The van der Waals surface area contributed by atoms with Crippen LogP contribution in [0.5, 0.6) is 0 Å². The Kier molecular flexibility index (Phi) is 3.25. The molecule has 86 valence electrons. The largest absolute Gasteiger partial charge is 0.480 e. The molecule has 1 atom stereocenters. The lowest BCUT2D eigenvalue weighted by Crippen LogP contribution is -2.32. The standard InChI is InChI=1S/C13H17NO2/c1-14(9-13(15)16)12-8-4-6-10-5-2-3-7-11(10)12/h2-3,5,7,12H,4,6,8-9H2,1H3,(H,15,16). The number of carboxylic acids is 1. The van der Waals surface area contributed by atoms with E-state index in [2.05, 4.69) is 18.2 Å². The monoisotopic (exact) mass is 219 g/mol. The van der Waals surface area contributed by atoms with E-state index < -0.39 is 5.97 Å². The first-order valence-electron chi connectivity index (χ1n) is 5.68. The van der Waals surface area contributed by atoms with Gasteiger partial charge in [0.1, 0.15) is 0 Å². The third-order valence-corrected chi connectivity index (χ3v) is 3.25. The summed E-state index contributed by atoms with van der Waals surface area (Å²) in [6.45, 7) is 0.110. The van der Waals surface area contributed by atoms with Gasteiger partial charge in [-0.1, -0.05) is 24.3 Å². The molecule has 1 aliphatic rings. The molecule has 0 aliphatic heterocycles. The molecule has 3 nitrogen and oxygen atoms in total. The summed E-state index contributed by atoms with van der Waals surface area (Å²) in [6, 6.07) is 8.62. The maximum atomic E-state index is 10.7. The van der Waals surface area contributed by atoms with Gasteiger partial charge in [0.05, 0.1) is 6.54 Å². The molecular weight excluding hydrogens is 202 g/mol. The van der Waals surface area contributed by atoms with Crippen molar-refractivity contribution in [1.29, 1.82) is 0 Å². The molecule has 1 aromatic carbocycles. The number of rotatable bonds is 3. The Hall–Kier alpha value is -1.35. The van der Waals surface area contributed by atoms with Crippen molar-refractivity contribution in [3.63, 3.8) is 0 Å². The predicted molar refractivity (Wildman–Crippen MR) is 62.4 cm³/mol. The molecule has 0 heterocycles. The summed E-state index contributed by atoms with van der Waals surface area (Å²) in [5.74, 6) is -0.759. The minimum Gasteiger partial charge on any atom is -0.480 e. The maximum Gasteiger partial charge on any atom is 0.317 e. The van der Waals surface area contributed by atoms with Crippen molar-refractivity contribution in [2.45, 2.75) is 25.3 Å². The molecule has 0 radical (unpaired) electrons. The highest BCUT2D eigenvalue weighted by molar-refractivity contribution is 5.69. The fraction of sp³-hybridized carbons (Fsp3) is 0.462. The number of hydrogen-bond acceptors (Lipinski definition) is 2. The molecule has 3 heteroatoms. The fourth-order valence-corrected chi connectivity index (χ4v) is 2.51. The van der Waals surface area contributed by atoms with E-state index in [0.29, 0.717) is 0 Å². The molecule has 0 bridgehead atoms. The third-order valence-electron chi connectivity index (χ3n) is 3.25. The quantitative estimate of drug-likeness (QED) is 0.846. The van der Waals surface area contributed by atoms with E-state index in [4.69, 9.17) is 5.11 Å².